The van der Waals surface area contributed by atoms with Gasteiger partial charge in [0.15, 0.2) is 16.6 Å². The van der Waals surface area contributed by atoms with Gasteiger partial charge >= 0.3 is 0 Å². The zero-order chi connectivity index (χ0) is 23.4. The van der Waals surface area contributed by atoms with Crippen molar-refractivity contribution in [1.82, 2.24) is 10.3 Å². The lowest BCUT2D eigenvalue weighted by Crippen LogP contribution is -2.33. The van der Waals surface area contributed by atoms with E-state index >= 15 is 0 Å². The lowest BCUT2D eigenvalue weighted by atomic mass is 9.90. The van der Waals surface area contributed by atoms with Crippen LogP contribution in [0.1, 0.15) is 17.0 Å². The third kappa shape index (κ3) is 4.75. The second-order valence-corrected chi connectivity index (χ2v) is 7.79. The van der Waals surface area contributed by atoms with E-state index in [0.29, 0.717) is 18.0 Å². The number of para-hydroxylation sites is 2. The van der Waals surface area contributed by atoms with Gasteiger partial charge in [0.1, 0.15) is 11.6 Å². The number of fused-ring (bicyclic) bond motifs is 1. The maximum atomic E-state index is 14.0. The topological polar surface area (TPSA) is 58.3 Å². The van der Waals surface area contributed by atoms with Gasteiger partial charge in [0.2, 0.25) is 0 Å². The zero-order valence-corrected chi connectivity index (χ0v) is 18.9. The van der Waals surface area contributed by atoms with Crippen LogP contribution in [0.3, 0.4) is 0 Å². The molecule has 4 rings (SSSR count). The molecule has 3 aromatic carbocycles. The van der Waals surface area contributed by atoms with E-state index < -0.39 is 11.6 Å². The molecule has 1 unspecified atom stereocenters. The van der Waals surface area contributed by atoms with Crippen molar-refractivity contribution < 1.29 is 18.3 Å². The minimum absolute atomic E-state index is 0.0940. The van der Waals surface area contributed by atoms with Gasteiger partial charge in [-0.05, 0) is 42.0 Å². The molecule has 5 nitrogen and oxygen atoms in total. The van der Waals surface area contributed by atoms with E-state index in [-0.39, 0.29) is 16.7 Å². The molecule has 0 aliphatic heterocycles. The number of ether oxygens (including phenoxy) is 2. The van der Waals surface area contributed by atoms with Crippen molar-refractivity contribution >= 4 is 33.9 Å². The van der Waals surface area contributed by atoms with Crippen LogP contribution in [-0.2, 0) is 0 Å². The smallest absolute Gasteiger partial charge is 0.170 e. The van der Waals surface area contributed by atoms with E-state index in [1.165, 1.54) is 12.1 Å². The minimum atomic E-state index is -0.721. The minimum Gasteiger partial charge on any atom is -0.493 e. The first-order chi connectivity index (χ1) is 16.0. The number of H-pyrrole nitrogens is 1. The molecule has 4 aromatic rings. The zero-order valence-electron chi connectivity index (χ0n) is 18.1. The van der Waals surface area contributed by atoms with Crippen LogP contribution in [0.15, 0.2) is 66.9 Å². The molecule has 0 spiro atoms. The fraction of sp³-hybridized carbons (Fsp3) is 0.160. The Bertz CT molecular complexity index is 1290. The molecule has 1 heterocycles. The van der Waals surface area contributed by atoms with Crippen molar-refractivity contribution in [2.75, 3.05) is 26.1 Å². The van der Waals surface area contributed by atoms with Gasteiger partial charge in [0.25, 0.3) is 0 Å². The Kier molecular flexibility index (Phi) is 6.74. The Balaban J connectivity index is 1.66. The predicted octanol–water partition coefficient (Wildman–Crippen LogP) is 5.58. The van der Waals surface area contributed by atoms with E-state index in [1.54, 1.807) is 14.2 Å². The number of benzene rings is 3. The molecule has 0 saturated heterocycles. The Hall–Kier alpha value is -3.65. The molecule has 0 bridgehead atoms. The van der Waals surface area contributed by atoms with Gasteiger partial charge in [-0.3, -0.25) is 0 Å². The first-order valence-corrected chi connectivity index (χ1v) is 10.7. The summed E-state index contributed by atoms with van der Waals surface area (Å²) in [6.45, 7) is 0.389. The molecule has 0 fully saturated rings. The van der Waals surface area contributed by atoms with Crippen molar-refractivity contribution in [2.24, 2.45) is 0 Å². The number of aromatic amines is 1. The van der Waals surface area contributed by atoms with Crippen LogP contribution in [0.4, 0.5) is 14.5 Å². The van der Waals surface area contributed by atoms with Crippen molar-refractivity contribution in [3.63, 3.8) is 0 Å². The third-order valence-corrected chi connectivity index (χ3v) is 5.70. The molecular weight excluding hydrogens is 444 g/mol. The van der Waals surface area contributed by atoms with E-state index in [0.717, 1.165) is 28.1 Å². The molecule has 0 amide bonds. The summed E-state index contributed by atoms with van der Waals surface area (Å²) >= 11 is 5.39. The number of hydrogen-bond donors (Lipinski definition) is 3. The number of aromatic nitrogens is 1. The average Bonchev–Trinajstić information content (AvgIpc) is 3.25. The predicted molar refractivity (Wildman–Crippen MR) is 130 cm³/mol. The lowest BCUT2D eigenvalue weighted by Gasteiger charge is -2.23. The Morgan fingerprint density at radius 2 is 1.82 bits per heavy atom. The summed E-state index contributed by atoms with van der Waals surface area (Å²) in [5.41, 5.74) is 3.05. The van der Waals surface area contributed by atoms with Gasteiger partial charge in [-0.15, -0.1) is 0 Å². The molecular formula is C25H23F2N3O2S. The second kappa shape index (κ2) is 9.87. The number of methoxy groups -OCH3 is 2. The standard InChI is InChI=1S/C25H23F2N3O2S/c1-31-23-9-5-7-17(24(23)32-2)19(18-13-28-21-8-4-3-6-16(18)21)14-29-25(33)30-22-11-10-15(26)12-20(22)27/h3-13,19,28H,14H2,1-2H3,(H2,29,30,33). The number of rotatable bonds is 7. The molecule has 33 heavy (non-hydrogen) atoms. The van der Waals surface area contributed by atoms with Crippen molar-refractivity contribution in [3.8, 4) is 11.5 Å². The largest absolute Gasteiger partial charge is 0.493 e. The Morgan fingerprint density at radius 1 is 1.00 bits per heavy atom. The Morgan fingerprint density at radius 3 is 2.58 bits per heavy atom. The van der Waals surface area contributed by atoms with Crippen LogP contribution in [-0.4, -0.2) is 30.9 Å². The van der Waals surface area contributed by atoms with Gasteiger partial charge in [-0.2, -0.15) is 0 Å². The molecule has 170 valence electrons. The highest BCUT2D eigenvalue weighted by atomic mass is 32.1. The molecule has 3 N–H and O–H groups in total. The number of thiocarbonyl (C=S) groups is 1. The first kappa shape index (κ1) is 22.5. The van der Waals surface area contributed by atoms with Crippen molar-refractivity contribution in [2.45, 2.75) is 5.92 Å². The highest BCUT2D eigenvalue weighted by Gasteiger charge is 2.24. The summed E-state index contributed by atoms with van der Waals surface area (Å²) in [7, 11) is 3.20. The van der Waals surface area contributed by atoms with E-state index in [1.807, 2.05) is 48.7 Å². The number of anilines is 1. The van der Waals surface area contributed by atoms with E-state index in [4.69, 9.17) is 21.7 Å². The van der Waals surface area contributed by atoms with Crippen LogP contribution in [0.2, 0.25) is 0 Å². The van der Waals surface area contributed by atoms with E-state index in [2.05, 4.69) is 15.6 Å². The monoisotopic (exact) mass is 467 g/mol. The molecule has 0 aliphatic rings. The summed E-state index contributed by atoms with van der Waals surface area (Å²) < 4.78 is 38.4. The van der Waals surface area contributed by atoms with Crippen LogP contribution >= 0.6 is 12.2 Å². The quantitative estimate of drug-likeness (QED) is 0.310. The van der Waals surface area contributed by atoms with Crippen molar-refractivity contribution in [3.05, 3.63) is 89.6 Å². The van der Waals surface area contributed by atoms with Crippen LogP contribution in [0.25, 0.3) is 10.9 Å². The second-order valence-electron chi connectivity index (χ2n) is 7.38. The highest BCUT2D eigenvalue weighted by Crippen LogP contribution is 2.40. The number of halogens is 2. The molecule has 1 atom stereocenters. The van der Waals surface area contributed by atoms with Crippen molar-refractivity contribution in [1.29, 1.82) is 0 Å². The molecule has 1 aromatic heterocycles. The van der Waals surface area contributed by atoms with Crippen LogP contribution in [0.5, 0.6) is 11.5 Å². The fourth-order valence-electron chi connectivity index (χ4n) is 3.91. The van der Waals surface area contributed by atoms with Crippen LogP contribution < -0.4 is 20.1 Å². The normalized spacial score (nSPS) is 11.8. The summed E-state index contributed by atoms with van der Waals surface area (Å²) in [6.07, 6.45) is 1.96. The molecule has 0 radical (unpaired) electrons. The summed E-state index contributed by atoms with van der Waals surface area (Å²) in [5.74, 6) is -0.304. The summed E-state index contributed by atoms with van der Waals surface area (Å²) in [6, 6.07) is 17.0. The Labute approximate surface area is 195 Å². The van der Waals surface area contributed by atoms with Gasteiger partial charge < -0.3 is 25.1 Å². The summed E-state index contributed by atoms with van der Waals surface area (Å²) in [4.78, 5) is 3.31. The molecule has 0 saturated carbocycles. The average molecular weight is 468 g/mol. The van der Waals surface area contributed by atoms with Gasteiger partial charge in [-0.25, -0.2) is 8.78 Å². The number of hydrogen-bond acceptors (Lipinski definition) is 3. The van der Waals surface area contributed by atoms with Gasteiger partial charge in [0, 0.05) is 41.2 Å². The third-order valence-electron chi connectivity index (χ3n) is 5.45. The lowest BCUT2D eigenvalue weighted by molar-refractivity contribution is 0.350. The fourth-order valence-corrected chi connectivity index (χ4v) is 4.10. The molecule has 0 aliphatic carbocycles. The van der Waals surface area contributed by atoms with Crippen LogP contribution in [0, 0.1) is 11.6 Å². The maximum absolute atomic E-state index is 14.0. The number of nitrogens with one attached hydrogen (secondary N) is 3. The summed E-state index contributed by atoms with van der Waals surface area (Å²) in [5, 5.41) is 7.24. The SMILES string of the molecule is COc1cccc(C(CNC(=S)Nc2ccc(F)cc2F)c2c[nH]c3ccccc23)c1OC. The van der Waals surface area contributed by atoms with Gasteiger partial charge in [0.05, 0.1) is 19.9 Å². The van der Waals surface area contributed by atoms with Gasteiger partial charge in [-0.1, -0.05) is 30.3 Å². The van der Waals surface area contributed by atoms with E-state index in [9.17, 15) is 8.78 Å². The first-order valence-electron chi connectivity index (χ1n) is 10.3. The highest BCUT2D eigenvalue weighted by molar-refractivity contribution is 7.80. The molecule has 8 heteroatoms. The maximum Gasteiger partial charge on any atom is 0.170 e.